The summed E-state index contributed by atoms with van der Waals surface area (Å²) < 4.78 is 5.40. The minimum atomic E-state index is 0.692. The molecule has 0 aromatic carbocycles. The fourth-order valence-electron chi connectivity index (χ4n) is 2.58. The van der Waals surface area contributed by atoms with Gasteiger partial charge in [0.2, 0.25) is 0 Å². The highest BCUT2D eigenvalue weighted by molar-refractivity contribution is 4.96. The Labute approximate surface area is 87.4 Å². The van der Waals surface area contributed by atoms with Crippen LogP contribution < -0.4 is 5.32 Å². The van der Waals surface area contributed by atoms with E-state index in [0.29, 0.717) is 5.41 Å². The summed E-state index contributed by atoms with van der Waals surface area (Å²) in [6, 6.07) is 0. The first-order chi connectivity index (χ1) is 6.85. The van der Waals surface area contributed by atoms with Gasteiger partial charge in [-0.15, -0.1) is 0 Å². The van der Waals surface area contributed by atoms with Crippen LogP contribution in [-0.2, 0) is 4.74 Å². The van der Waals surface area contributed by atoms with Gasteiger partial charge >= 0.3 is 0 Å². The molecule has 1 heterocycles. The van der Waals surface area contributed by atoms with Gasteiger partial charge in [-0.1, -0.05) is 6.92 Å². The first-order valence-corrected chi connectivity index (χ1v) is 6.13. The summed E-state index contributed by atoms with van der Waals surface area (Å²) in [7, 11) is 0. The second-order valence-corrected chi connectivity index (χ2v) is 5.04. The summed E-state index contributed by atoms with van der Waals surface area (Å²) in [4.78, 5) is 0. The molecule has 1 saturated carbocycles. The molecule has 1 saturated heterocycles. The van der Waals surface area contributed by atoms with Crippen LogP contribution in [-0.4, -0.2) is 26.3 Å². The lowest BCUT2D eigenvalue weighted by Gasteiger charge is -2.26. The average Bonchev–Trinajstić information content (AvgIpc) is 2.97. The Morgan fingerprint density at radius 1 is 1.29 bits per heavy atom. The topological polar surface area (TPSA) is 21.3 Å². The number of ether oxygens (including phenoxy) is 1. The highest BCUT2D eigenvalue weighted by Gasteiger charge is 2.43. The zero-order valence-corrected chi connectivity index (χ0v) is 9.35. The summed E-state index contributed by atoms with van der Waals surface area (Å²) in [6.45, 7) is 6.57. The van der Waals surface area contributed by atoms with Crippen molar-refractivity contribution in [1.82, 2.24) is 5.32 Å². The summed E-state index contributed by atoms with van der Waals surface area (Å²) in [5, 5.41) is 3.51. The van der Waals surface area contributed by atoms with Gasteiger partial charge in [0.15, 0.2) is 0 Å². The molecule has 14 heavy (non-hydrogen) atoms. The fraction of sp³-hybridized carbons (Fsp3) is 1.00. The van der Waals surface area contributed by atoms with Crippen LogP contribution in [0.2, 0.25) is 0 Å². The molecule has 0 aromatic rings. The van der Waals surface area contributed by atoms with Crippen LogP contribution in [0.25, 0.3) is 0 Å². The highest BCUT2D eigenvalue weighted by atomic mass is 16.5. The van der Waals surface area contributed by atoms with Gasteiger partial charge in [-0.05, 0) is 50.0 Å². The van der Waals surface area contributed by atoms with Gasteiger partial charge in [0.25, 0.3) is 0 Å². The molecule has 2 rings (SSSR count). The predicted octanol–water partition coefficient (Wildman–Crippen LogP) is 2.19. The van der Waals surface area contributed by atoms with Gasteiger partial charge in [0.05, 0.1) is 0 Å². The first kappa shape index (κ1) is 10.4. The van der Waals surface area contributed by atoms with Crippen LogP contribution in [0.15, 0.2) is 0 Å². The van der Waals surface area contributed by atoms with Crippen LogP contribution in [0.1, 0.15) is 39.0 Å². The third kappa shape index (κ3) is 2.71. The molecular weight excluding hydrogens is 174 g/mol. The molecule has 2 fully saturated rings. The molecular formula is C12H23NO. The number of rotatable bonds is 5. The van der Waals surface area contributed by atoms with E-state index in [1.165, 1.54) is 38.6 Å². The Morgan fingerprint density at radius 3 is 2.57 bits per heavy atom. The van der Waals surface area contributed by atoms with E-state index in [1.807, 2.05) is 0 Å². The van der Waals surface area contributed by atoms with Crippen molar-refractivity contribution < 1.29 is 4.74 Å². The SMILES string of the molecule is CCNCC1(CC2CCOCC2)CC1. The molecule has 0 amide bonds. The molecule has 2 heteroatoms. The molecule has 1 N–H and O–H groups in total. The minimum absolute atomic E-state index is 0.692. The number of hydrogen-bond acceptors (Lipinski definition) is 2. The monoisotopic (exact) mass is 197 g/mol. The van der Waals surface area contributed by atoms with Gasteiger partial charge in [-0.3, -0.25) is 0 Å². The van der Waals surface area contributed by atoms with Crippen LogP contribution in [0.4, 0.5) is 0 Å². The van der Waals surface area contributed by atoms with Crippen molar-refractivity contribution >= 4 is 0 Å². The second-order valence-electron chi connectivity index (χ2n) is 5.04. The van der Waals surface area contributed by atoms with Gasteiger partial charge in [-0.2, -0.15) is 0 Å². The third-order valence-corrected chi connectivity index (χ3v) is 3.77. The normalized spacial score (nSPS) is 26.4. The van der Waals surface area contributed by atoms with E-state index in [0.717, 1.165) is 25.7 Å². The van der Waals surface area contributed by atoms with Crippen molar-refractivity contribution in [3.8, 4) is 0 Å². The quantitative estimate of drug-likeness (QED) is 0.729. The van der Waals surface area contributed by atoms with E-state index in [9.17, 15) is 0 Å². The molecule has 0 spiro atoms. The van der Waals surface area contributed by atoms with Crippen LogP contribution in [0.3, 0.4) is 0 Å². The van der Waals surface area contributed by atoms with Crippen molar-refractivity contribution in [2.24, 2.45) is 11.3 Å². The fourth-order valence-corrected chi connectivity index (χ4v) is 2.58. The van der Waals surface area contributed by atoms with Crippen molar-refractivity contribution in [2.75, 3.05) is 26.3 Å². The van der Waals surface area contributed by atoms with Crippen molar-refractivity contribution in [3.05, 3.63) is 0 Å². The summed E-state index contributed by atoms with van der Waals surface area (Å²) >= 11 is 0. The molecule has 82 valence electrons. The molecule has 2 nitrogen and oxygen atoms in total. The molecule has 0 bridgehead atoms. The van der Waals surface area contributed by atoms with Crippen LogP contribution in [0, 0.1) is 11.3 Å². The van der Waals surface area contributed by atoms with Crippen molar-refractivity contribution in [2.45, 2.75) is 39.0 Å². The Morgan fingerprint density at radius 2 is 2.00 bits per heavy atom. The molecule has 1 aliphatic heterocycles. The van der Waals surface area contributed by atoms with Gasteiger partial charge < -0.3 is 10.1 Å². The van der Waals surface area contributed by atoms with E-state index in [4.69, 9.17) is 4.74 Å². The lowest BCUT2D eigenvalue weighted by Crippen LogP contribution is -2.27. The third-order valence-electron chi connectivity index (χ3n) is 3.77. The Bertz CT molecular complexity index is 171. The van der Waals surface area contributed by atoms with E-state index >= 15 is 0 Å². The summed E-state index contributed by atoms with van der Waals surface area (Å²) in [5.41, 5.74) is 0.692. The summed E-state index contributed by atoms with van der Waals surface area (Å²) in [6.07, 6.45) is 6.96. The molecule has 0 atom stereocenters. The molecule has 2 aliphatic rings. The standard InChI is InChI=1S/C12H23NO/c1-2-13-10-12(5-6-12)9-11-3-7-14-8-4-11/h11,13H,2-10H2,1H3. The first-order valence-electron chi connectivity index (χ1n) is 6.13. The molecule has 0 aromatic heterocycles. The lowest BCUT2D eigenvalue weighted by atomic mass is 9.87. The van der Waals surface area contributed by atoms with E-state index in [2.05, 4.69) is 12.2 Å². The Hall–Kier alpha value is -0.0800. The maximum Gasteiger partial charge on any atom is 0.0468 e. The van der Waals surface area contributed by atoms with Gasteiger partial charge in [-0.25, -0.2) is 0 Å². The average molecular weight is 197 g/mol. The van der Waals surface area contributed by atoms with E-state index < -0.39 is 0 Å². The summed E-state index contributed by atoms with van der Waals surface area (Å²) in [5.74, 6) is 0.949. The molecule has 0 unspecified atom stereocenters. The lowest BCUT2D eigenvalue weighted by molar-refractivity contribution is 0.0569. The maximum absolute atomic E-state index is 5.40. The van der Waals surface area contributed by atoms with E-state index in [-0.39, 0.29) is 0 Å². The maximum atomic E-state index is 5.40. The predicted molar refractivity (Wildman–Crippen MR) is 58.4 cm³/mol. The molecule has 1 aliphatic carbocycles. The van der Waals surface area contributed by atoms with Gasteiger partial charge in [0.1, 0.15) is 0 Å². The second kappa shape index (κ2) is 4.63. The molecule has 0 radical (unpaired) electrons. The zero-order chi connectivity index (χ0) is 9.86. The number of hydrogen-bond donors (Lipinski definition) is 1. The Balaban J connectivity index is 1.72. The smallest absolute Gasteiger partial charge is 0.0468 e. The highest BCUT2D eigenvalue weighted by Crippen LogP contribution is 2.51. The van der Waals surface area contributed by atoms with Crippen molar-refractivity contribution in [1.29, 1.82) is 0 Å². The van der Waals surface area contributed by atoms with Crippen molar-refractivity contribution in [3.63, 3.8) is 0 Å². The van der Waals surface area contributed by atoms with Crippen LogP contribution >= 0.6 is 0 Å². The largest absolute Gasteiger partial charge is 0.381 e. The number of nitrogens with one attached hydrogen (secondary N) is 1. The van der Waals surface area contributed by atoms with Crippen LogP contribution in [0.5, 0.6) is 0 Å². The Kier molecular flexibility index (Phi) is 3.45. The minimum Gasteiger partial charge on any atom is -0.381 e. The van der Waals surface area contributed by atoms with Gasteiger partial charge in [0, 0.05) is 19.8 Å². The zero-order valence-electron chi connectivity index (χ0n) is 9.35. The van der Waals surface area contributed by atoms with E-state index in [1.54, 1.807) is 0 Å².